The van der Waals surface area contributed by atoms with E-state index in [9.17, 15) is 14.4 Å². The standard InChI is InChI=1S/C24H24N2O4/c1-15-11-19-18(13-21(27)30-20(19)12-16(15)2)14-26-22(28)24(3,25-23(26)29)10-9-17-7-5-4-6-8-17/h4-8,11-13H,9-10,14H2,1-3H3,(H,25,29)/t24-/m1/s1. The molecule has 1 aliphatic heterocycles. The summed E-state index contributed by atoms with van der Waals surface area (Å²) in [6, 6.07) is 14.5. The van der Waals surface area contributed by atoms with Crippen LogP contribution < -0.4 is 10.9 Å². The van der Waals surface area contributed by atoms with Crippen LogP contribution in [0.4, 0.5) is 4.79 Å². The molecular weight excluding hydrogens is 380 g/mol. The van der Waals surface area contributed by atoms with Crippen LogP contribution in [0.15, 0.2) is 57.7 Å². The first-order valence-corrected chi connectivity index (χ1v) is 9.99. The highest BCUT2D eigenvalue weighted by Crippen LogP contribution is 2.27. The molecule has 2 aromatic carbocycles. The second kappa shape index (κ2) is 7.44. The topological polar surface area (TPSA) is 79.6 Å². The maximum Gasteiger partial charge on any atom is 0.336 e. The molecule has 0 bridgehead atoms. The van der Waals surface area contributed by atoms with E-state index in [1.165, 1.54) is 11.0 Å². The van der Waals surface area contributed by atoms with Crippen molar-refractivity contribution in [3.63, 3.8) is 0 Å². The van der Waals surface area contributed by atoms with Gasteiger partial charge >= 0.3 is 11.7 Å². The van der Waals surface area contributed by atoms with Gasteiger partial charge in [0.2, 0.25) is 0 Å². The molecule has 1 fully saturated rings. The maximum absolute atomic E-state index is 13.1. The van der Waals surface area contributed by atoms with E-state index in [4.69, 9.17) is 4.42 Å². The molecule has 0 radical (unpaired) electrons. The molecule has 0 aliphatic carbocycles. The van der Waals surface area contributed by atoms with Crippen LogP contribution in [0.25, 0.3) is 11.0 Å². The van der Waals surface area contributed by atoms with Crippen molar-refractivity contribution in [3.05, 3.63) is 81.2 Å². The number of rotatable bonds is 5. The summed E-state index contributed by atoms with van der Waals surface area (Å²) in [7, 11) is 0. The summed E-state index contributed by atoms with van der Waals surface area (Å²) in [6.07, 6.45) is 1.17. The smallest absolute Gasteiger partial charge is 0.336 e. The Morgan fingerprint density at radius 1 is 1.00 bits per heavy atom. The van der Waals surface area contributed by atoms with Crippen LogP contribution in [0.5, 0.6) is 0 Å². The molecule has 30 heavy (non-hydrogen) atoms. The highest BCUT2D eigenvalue weighted by Gasteiger charge is 2.47. The fourth-order valence-corrected chi connectivity index (χ4v) is 3.88. The van der Waals surface area contributed by atoms with Crippen molar-refractivity contribution < 1.29 is 14.0 Å². The Labute approximate surface area is 174 Å². The van der Waals surface area contributed by atoms with Crippen LogP contribution in [-0.4, -0.2) is 22.4 Å². The van der Waals surface area contributed by atoms with Crippen molar-refractivity contribution >= 4 is 22.9 Å². The molecule has 2 heterocycles. The Kier molecular flexibility index (Phi) is 4.94. The van der Waals surface area contributed by atoms with Gasteiger partial charge in [0, 0.05) is 11.5 Å². The lowest BCUT2D eigenvalue weighted by atomic mass is 9.93. The Bertz CT molecular complexity index is 1200. The van der Waals surface area contributed by atoms with Gasteiger partial charge in [-0.1, -0.05) is 30.3 Å². The number of carbonyl (C=O) groups excluding carboxylic acids is 2. The van der Waals surface area contributed by atoms with Crippen LogP contribution in [0.3, 0.4) is 0 Å². The molecule has 1 aromatic heterocycles. The third-order valence-electron chi connectivity index (χ3n) is 5.87. The summed E-state index contributed by atoms with van der Waals surface area (Å²) in [4.78, 5) is 39.0. The van der Waals surface area contributed by atoms with Gasteiger partial charge in [-0.2, -0.15) is 0 Å². The lowest BCUT2D eigenvalue weighted by Gasteiger charge is -2.22. The fourth-order valence-electron chi connectivity index (χ4n) is 3.88. The third kappa shape index (κ3) is 3.61. The second-order valence-electron chi connectivity index (χ2n) is 8.16. The van der Waals surface area contributed by atoms with Gasteiger partial charge < -0.3 is 9.73 Å². The largest absolute Gasteiger partial charge is 0.423 e. The monoisotopic (exact) mass is 404 g/mol. The van der Waals surface area contributed by atoms with Gasteiger partial charge in [0.05, 0.1) is 6.54 Å². The molecule has 3 aromatic rings. The molecule has 3 amide bonds. The van der Waals surface area contributed by atoms with E-state index >= 15 is 0 Å². The Morgan fingerprint density at radius 3 is 2.43 bits per heavy atom. The number of benzene rings is 2. The Balaban J connectivity index is 1.61. The van der Waals surface area contributed by atoms with Crippen molar-refractivity contribution in [2.75, 3.05) is 0 Å². The van der Waals surface area contributed by atoms with E-state index in [2.05, 4.69) is 5.32 Å². The summed E-state index contributed by atoms with van der Waals surface area (Å²) < 4.78 is 5.33. The van der Waals surface area contributed by atoms with E-state index in [0.717, 1.165) is 22.1 Å². The van der Waals surface area contributed by atoms with E-state index in [1.54, 1.807) is 6.92 Å². The first-order chi connectivity index (χ1) is 14.3. The van der Waals surface area contributed by atoms with Gasteiger partial charge in [0.15, 0.2) is 0 Å². The average molecular weight is 404 g/mol. The van der Waals surface area contributed by atoms with Crippen molar-refractivity contribution in [2.45, 2.75) is 45.7 Å². The van der Waals surface area contributed by atoms with Crippen molar-refractivity contribution in [3.8, 4) is 0 Å². The van der Waals surface area contributed by atoms with Crippen molar-refractivity contribution in [2.24, 2.45) is 0 Å². The predicted octanol–water partition coefficient (Wildman–Crippen LogP) is 3.85. The minimum atomic E-state index is -0.977. The van der Waals surface area contributed by atoms with Crippen molar-refractivity contribution in [1.29, 1.82) is 0 Å². The molecule has 1 saturated heterocycles. The SMILES string of the molecule is Cc1cc2oc(=O)cc(CN3C(=O)N[C@](C)(CCc4ccccc4)C3=O)c2cc1C. The molecule has 6 nitrogen and oxygen atoms in total. The Morgan fingerprint density at radius 2 is 1.70 bits per heavy atom. The quantitative estimate of drug-likeness (QED) is 0.517. The van der Waals surface area contributed by atoms with Crippen LogP contribution in [-0.2, 0) is 17.8 Å². The minimum Gasteiger partial charge on any atom is -0.423 e. The van der Waals surface area contributed by atoms with E-state index in [1.807, 2.05) is 56.3 Å². The fraction of sp³-hybridized carbons (Fsp3) is 0.292. The van der Waals surface area contributed by atoms with E-state index < -0.39 is 17.2 Å². The van der Waals surface area contributed by atoms with E-state index in [-0.39, 0.29) is 12.5 Å². The van der Waals surface area contributed by atoms with Crippen LogP contribution in [0, 0.1) is 13.8 Å². The summed E-state index contributed by atoms with van der Waals surface area (Å²) in [5, 5.41) is 3.57. The number of carbonyl (C=O) groups is 2. The third-order valence-corrected chi connectivity index (χ3v) is 5.87. The summed E-state index contributed by atoms with van der Waals surface area (Å²) in [5.41, 5.74) is 2.74. The second-order valence-corrected chi connectivity index (χ2v) is 8.16. The minimum absolute atomic E-state index is 0.0240. The molecule has 4 rings (SSSR count). The zero-order valence-electron chi connectivity index (χ0n) is 17.3. The summed E-state index contributed by atoms with van der Waals surface area (Å²) in [6.45, 7) is 5.69. The molecular formula is C24H24N2O4. The normalized spacial score (nSPS) is 18.8. The zero-order valence-corrected chi connectivity index (χ0v) is 17.3. The molecule has 1 atom stereocenters. The first kappa shape index (κ1) is 19.9. The number of urea groups is 1. The lowest BCUT2D eigenvalue weighted by Crippen LogP contribution is -2.44. The van der Waals surface area contributed by atoms with Gasteiger partial charge in [-0.3, -0.25) is 9.69 Å². The van der Waals surface area contributed by atoms with Gasteiger partial charge in [-0.05, 0) is 68.0 Å². The first-order valence-electron chi connectivity index (χ1n) is 9.99. The number of hydrogen-bond acceptors (Lipinski definition) is 4. The number of fused-ring (bicyclic) bond motifs is 1. The number of nitrogens with zero attached hydrogens (tertiary/aromatic N) is 1. The molecule has 0 unspecified atom stereocenters. The predicted molar refractivity (Wildman–Crippen MR) is 114 cm³/mol. The van der Waals surface area contributed by atoms with Crippen LogP contribution in [0.2, 0.25) is 0 Å². The number of aryl methyl sites for hydroxylation is 3. The van der Waals surface area contributed by atoms with Gasteiger partial charge in [0.1, 0.15) is 11.1 Å². The molecule has 154 valence electrons. The van der Waals surface area contributed by atoms with Gasteiger partial charge in [-0.25, -0.2) is 9.59 Å². The van der Waals surface area contributed by atoms with Crippen molar-refractivity contribution in [1.82, 2.24) is 10.2 Å². The lowest BCUT2D eigenvalue weighted by molar-refractivity contribution is -0.131. The molecule has 0 spiro atoms. The number of nitrogens with one attached hydrogen (secondary N) is 1. The highest BCUT2D eigenvalue weighted by atomic mass is 16.4. The number of imide groups is 1. The summed E-state index contributed by atoms with van der Waals surface area (Å²) >= 11 is 0. The Hall–Kier alpha value is -3.41. The number of hydrogen-bond donors (Lipinski definition) is 1. The molecule has 1 N–H and O–H groups in total. The van der Waals surface area contributed by atoms with Gasteiger partial charge in [-0.15, -0.1) is 0 Å². The maximum atomic E-state index is 13.1. The number of amides is 3. The zero-order chi connectivity index (χ0) is 21.5. The van der Waals surface area contributed by atoms with E-state index in [0.29, 0.717) is 24.0 Å². The molecule has 1 aliphatic rings. The summed E-state index contributed by atoms with van der Waals surface area (Å²) in [5.74, 6) is -0.284. The molecule has 0 saturated carbocycles. The molecule has 6 heteroatoms. The van der Waals surface area contributed by atoms with Gasteiger partial charge in [0.25, 0.3) is 5.91 Å². The van der Waals surface area contributed by atoms with Crippen LogP contribution in [0.1, 0.15) is 35.6 Å². The highest BCUT2D eigenvalue weighted by molar-refractivity contribution is 6.07. The average Bonchev–Trinajstić information content (AvgIpc) is 2.92. The van der Waals surface area contributed by atoms with Crippen LogP contribution >= 0.6 is 0 Å².